The number of carbonyl (C=O) groups is 3. The van der Waals surface area contributed by atoms with Crippen molar-refractivity contribution in [3.63, 3.8) is 0 Å². The number of hydrogen-bond acceptors (Lipinski definition) is 4. The lowest BCUT2D eigenvalue weighted by molar-refractivity contribution is -0.139. The molecule has 7 nitrogen and oxygen atoms in total. The zero-order valence-corrected chi connectivity index (χ0v) is 22.7. The van der Waals surface area contributed by atoms with Gasteiger partial charge in [0.05, 0.1) is 16.9 Å². The Balaban J connectivity index is 1.76. The highest BCUT2D eigenvalue weighted by Crippen LogP contribution is 2.27. The number of nitrogens with two attached hydrogens (primary N) is 1. The number of nitrogens with one attached hydrogen (secondary N) is 1. The molecule has 1 aromatic heterocycles. The lowest BCUT2D eigenvalue weighted by atomic mass is 9.82. The molecule has 1 fully saturated rings. The summed E-state index contributed by atoms with van der Waals surface area (Å²) in [6, 6.07) is 5.68. The summed E-state index contributed by atoms with van der Waals surface area (Å²) in [5.74, 6) is -2.71. The van der Waals surface area contributed by atoms with Crippen LogP contribution in [0.3, 0.4) is 0 Å². The van der Waals surface area contributed by atoms with E-state index in [0.717, 1.165) is 29.5 Å². The molecule has 3 atom stereocenters. The Kier molecular flexibility index (Phi) is 10.4. The topological polar surface area (TPSA) is 105 Å². The van der Waals surface area contributed by atoms with Gasteiger partial charge in [0.1, 0.15) is 11.9 Å². The second-order valence-electron chi connectivity index (χ2n) is 10.3. The predicted molar refractivity (Wildman–Crippen MR) is 146 cm³/mol. The van der Waals surface area contributed by atoms with Gasteiger partial charge in [-0.1, -0.05) is 37.6 Å². The van der Waals surface area contributed by atoms with Gasteiger partial charge in [-0.25, -0.2) is 4.39 Å². The first-order valence-electron chi connectivity index (χ1n) is 13.0. The number of benzene rings is 1. The Hall–Kier alpha value is -3.26. The number of aromatic nitrogens is 1. The molecule has 2 aromatic rings. The van der Waals surface area contributed by atoms with E-state index >= 15 is 0 Å². The van der Waals surface area contributed by atoms with Crippen molar-refractivity contribution < 1.29 is 18.8 Å². The molecular weight excluding hydrogens is 507 g/mol. The molecule has 3 rings (SSSR count). The molecule has 0 aliphatic carbocycles. The van der Waals surface area contributed by atoms with Crippen molar-refractivity contribution in [2.24, 2.45) is 23.5 Å². The molecule has 0 spiro atoms. The third-order valence-electron chi connectivity index (χ3n) is 6.85. The normalized spacial score (nSPS) is 17.6. The van der Waals surface area contributed by atoms with Crippen LogP contribution in [0.4, 0.5) is 4.39 Å². The minimum atomic E-state index is -0.691. The summed E-state index contributed by atoms with van der Waals surface area (Å²) < 4.78 is 13.6. The fourth-order valence-electron chi connectivity index (χ4n) is 4.92. The third-order valence-corrected chi connectivity index (χ3v) is 7.14. The van der Waals surface area contributed by atoms with E-state index in [-0.39, 0.29) is 22.8 Å². The van der Waals surface area contributed by atoms with Crippen molar-refractivity contribution in [3.05, 3.63) is 65.7 Å². The highest BCUT2D eigenvalue weighted by atomic mass is 35.5. The van der Waals surface area contributed by atoms with Gasteiger partial charge in [0.25, 0.3) is 0 Å². The van der Waals surface area contributed by atoms with Crippen LogP contribution in [-0.4, -0.2) is 40.2 Å². The smallest absolute Gasteiger partial charge is 0.245 e. The van der Waals surface area contributed by atoms with Gasteiger partial charge in [-0.05, 0) is 67.3 Å². The van der Waals surface area contributed by atoms with E-state index in [0.29, 0.717) is 32.4 Å². The van der Waals surface area contributed by atoms with Gasteiger partial charge in [0, 0.05) is 31.0 Å². The van der Waals surface area contributed by atoms with Gasteiger partial charge in [0.2, 0.25) is 17.7 Å². The number of amides is 3. The van der Waals surface area contributed by atoms with E-state index in [1.807, 2.05) is 19.9 Å². The second-order valence-corrected chi connectivity index (χ2v) is 10.7. The van der Waals surface area contributed by atoms with Crippen LogP contribution in [0, 0.1) is 23.6 Å². The minimum Gasteiger partial charge on any atom is -0.369 e. The molecule has 2 heterocycles. The van der Waals surface area contributed by atoms with Crippen molar-refractivity contribution >= 4 is 29.3 Å². The van der Waals surface area contributed by atoms with Gasteiger partial charge in [-0.2, -0.15) is 0 Å². The first-order chi connectivity index (χ1) is 18.1. The number of nitrogens with zero attached hydrogens (tertiary/aromatic N) is 2. The van der Waals surface area contributed by atoms with E-state index < -0.39 is 29.6 Å². The van der Waals surface area contributed by atoms with Gasteiger partial charge in [-0.15, -0.1) is 6.58 Å². The number of primary amides is 1. The molecule has 1 aliphatic heterocycles. The average molecular weight is 543 g/mol. The van der Waals surface area contributed by atoms with E-state index in [9.17, 15) is 18.8 Å². The minimum absolute atomic E-state index is 0.0246. The number of pyridine rings is 1. The molecule has 1 saturated heterocycles. The molecule has 0 bridgehead atoms. The maximum Gasteiger partial charge on any atom is 0.245 e. The molecule has 0 saturated carbocycles. The predicted octanol–water partition coefficient (Wildman–Crippen LogP) is 4.88. The zero-order chi connectivity index (χ0) is 27.8. The van der Waals surface area contributed by atoms with Gasteiger partial charge in [0.15, 0.2) is 0 Å². The van der Waals surface area contributed by atoms with Gasteiger partial charge < -0.3 is 16.0 Å². The number of carbonyl (C=O) groups excluding carboxylic acids is 3. The largest absolute Gasteiger partial charge is 0.369 e. The van der Waals surface area contributed by atoms with Crippen LogP contribution >= 0.6 is 11.6 Å². The Morgan fingerprint density at radius 3 is 2.66 bits per heavy atom. The Morgan fingerprint density at radius 1 is 1.24 bits per heavy atom. The molecule has 1 aromatic carbocycles. The first kappa shape index (κ1) is 29.3. The van der Waals surface area contributed by atoms with Crippen molar-refractivity contribution in [1.82, 2.24) is 15.2 Å². The summed E-state index contributed by atoms with van der Waals surface area (Å²) in [4.78, 5) is 45.1. The zero-order valence-electron chi connectivity index (χ0n) is 22.0. The average Bonchev–Trinajstić information content (AvgIpc) is 3.04. The highest BCUT2D eigenvalue weighted by molar-refractivity contribution is 6.31. The fourth-order valence-corrected chi connectivity index (χ4v) is 5.10. The van der Waals surface area contributed by atoms with Crippen LogP contribution in [0.5, 0.6) is 0 Å². The molecular formula is C29H36ClFN4O3. The molecule has 1 aliphatic rings. The summed E-state index contributed by atoms with van der Waals surface area (Å²) in [7, 11) is 0. The lowest BCUT2D eigenvalue weighted by Crippen LogP contribution is -2.50. The molecule has 9 heteroatoms. The summed E-state index contributed by atoms with van der Waals surface area (Å²) in [6.07, 6.45) is 7.81. The van der Waals surface area contributed by atoms with Crippen molar-refractivity contribution in [1.29, 1.82) is 0 Å². The van der Waals surface area contributed by atoms with E-state index in [1.165, 1.54) is 6.07 Å². The number of allylic oxidation sites excluding steroid dienone is 1. The Morgan fingerprint density at radius 2 is 2.00 bits per heavy atom. The molecule has 3 amide bonds. The molecule has 204 valence electrons. The molecule has 0 unspecified atom stereocenters. The second kappa shape index (κ2) is 13.5. The Bertz CT molecular complexity index is 1170. The number of halogens is 2. The highest BCUT2D eigenvalue weighted by Gasteiger charge is 2.35. The summed E-state index contributed by atoms with van der Waals surface area (Å²) in [5.41, 5.74) is 7.91. The Labute approximate surface area is 228 Å². The van der Waals surface area contributed by atoms with Crippen molar-refractivity contribution in [3.8, 4) is 11.1 Å². The fraction of sp³-hybridized carbons (Fsp3) is 0.448. The standard InChI is InChI=1S/C29H36ClFN4O3/c1-4-7-22(27(32)36)23(12-18(2)3)28(37)34-26-8-5-6-11-35(29(26)38)17-19-13-21(16-33-15-19)20-9-10-25(31)24(30)14-20/h4,9-10,13-16,18,22-23,26H,1,5-8,11-12,17H2,2-3H3,(H2,32,36)(H,34,37)/t22-,23+,26-/m0/s1. The lowest BCUT2D eigenvalue weighted by Gasteiger charge is -2.29. The summed E-state index contributed by atoms with van der Waals surface area (Å²) in [5, 5.41) is 2.96. The van der Waals surface area contributed by atoms with Crippen LogP contribution in [0.2, 0.25) is 5.02 Å². The SMILES string of the molecule is C=CC[C@H](C(N)=O)[C@@H](CC(C)C)C(=O)N[C@H]1CCCCN(Cc2cncc(-c3ccc(F)c(Cl)c3)c2)C1=O. The maximum atomic E-state index is 13.6. The van der Waals surface area contributed by atoms with Gasteiger partial charge in [-0.3, -0.25) is 19.4 Å². The van der Waals surface area contributed by atoms with Crippen LogP contribution in [-0.2, 0) is 20.9 Å². The summed E-state index contributed by atoms with van der Waals surface area (Å²) in [6.45, 7) is 8.52. The van der Waals surface area contributed by atoms with E-state index in [2.05, 4.69) is 16.9 Å². The number of hydrogen-bond donors (Lipinski definition) is 2. The summed E-state index contributed by atoms with van der Waals surface area (Å²) >= 11 is 5.94. The number of rotatable bonds is 11. The van der Waals surface area contributed by atoms with E-state index in [1.54, 1.807) is 35.5 Å². The monoisotopic (exact) mass is 542 g/mol. The molecule has 38 heavy (non-hydrogen) atoms. The van der Waals surface area contributed by atoms with E-state index in [4.69, 9.17) is 17.3 Å². The van der Waals surface area contributed by atoms with Crippen LogP contribution in [0.1, 0.15) is 51.5 Å². The molecule has 3 N–H and O–H groups in total. The van der Waals surface area contributed by atoms with Crippen LogP contribution in [0.15, 0.2) is 49.3 Å². The quantitative estimate of drug-likeness (QED) is 0.395. The first-order valence-corrected chi connectivity index (χ1v) is 13.4. The van der Waals surface area contributed by atoms with Crippen molar-refractivity contribution in [2.45, 2.75) is 58.5 Å². The van der Waals surface area contributed by atoms with Crippen molar-refractivity contribution in [2.75, 3.05) is 6.54 Å². The number of likely N-dealkylation sites (tertiary alicyclic amines) is 1. The maximum absolute atomic E-state index is 13.6. The van der Waals surface area contributed by atoms with Crippen LogP contribution < -0.4 is 11.1 Å². The molecule has 0 radical (unpaired) electrons. The van der Waals surface area contributed by atoms with Crippen LogP contribution in [0.25, 0.3) is 11.1 Å². The van der Waals surface area contributed by atoms with Gasteiger partial charge >= 0.3 is 0 Å². The third kappa shape index (κ3) is 7.63.